The standard InChI is InChI=1S/C20H25N3O3S/c1-3-26-18(25)20(10-6-7-11-20)22-17(24)14-27-19-21-12-13-23(19)16-9-5-4-8-15(16)2/h4-5,8-9,12-13H,3,6-7,10-11,14H2,1-2H3,(H,22,24). The summed E-state index contributed by atoms with van der Waals surface area (Å²) >= 11 is 1.36. The summed E-state index contributed by atoms with van der Waals surface area (Å²) in [5.74, 6) is -0.291. The fourth-order valence-electron chi connectivity index (χ4n) is 3.47. The number of aromatic nitrogens is 2. The van der Waals surface area contributed by atoms with E-state index in [1.807, 2.05) is 42.0 Å². The van der Waals surface area contributed by atoms with Crippen molar-refractivity contribution in [3.8, 4) is 5.69 Å². The molecule has 1 aromatic carbocycles. The van der Waals surface area contributed by atoms with Gasteiger partial charge < -0.3 is 10.1 Å². The van der Waals surface area contributed by atoms with Crippen molar-refractivity contribution in [2.75, 3.05) is 12.4 Å². The third-order valence-corrected chi connectivity index (χ3v) is 5.78. The number of thioether (sulfide) groups is 1. The van der Waals surface area contributed by atoms with E-state index in [-0.39, 0.29) is 17.6 Å². The molecule has 0 spiro atoms. The molecule has 1 saturated carbocycles. The third kappa shape index (κ3) is 4.35. The Labute approximate surface area is 163 Å². The van der Waals surface area contributed by atoms with Crippen molar-refractivity contribution in [2.45, 2.75) is 50.2 Å². The second kappa shape index (κ2) is 8.61. The molecule has 1 fully saturated rings. The first kappa shape index (κ1) is 19.5. The lowest BCUT2D eigenvalue weighted by atomic mass is 9.98. The number of nitrogens with zero attached hydrogens (tertiary/aromatic N) is 2. The molecule has 1 aliphatic rings. The summed E-state index contributed by atoms with van der Waals surface area (Å²) in [5, 5.41) is 3.69. The molecule has 1 N–H and O–H groups in total. The Morgan fingerprint density at radius 1 is 1.30 bits per heavy atom. The molecule has 0 saturated heterocycles. The lowest BCUT2D eigenvalue weighted by molar-refractivity contribution is -0.152. The first-order valence-corrected chi connectivity index (χ1v) is 10.2. The number of nitrogens with one attached hydrogen (secondary N) is 1. The van der Waals surface area contributed by atoms with Crippen LogP contribution >= 0.6 is 11.8 Å². The van der Waals surface area contributed by atoms with E-state index in [1.54, 1.807) is 13.1 Å². The number of carbonyl (C=O) groups is 2. The van der Waals surface area contributed by atoms with Gasteiger partial charge in [-0.2, -0.15) is 0 Å². The quantitative estimate of drug-likeness (QED) is 0.583. The van der Waals surface area contributed by atoms with Crippen molar-refractivity contribution in [1.82, 2.24) is 14.9 Å². The predicted octanol–water partition coefficient (Wildman–Crippen LogP) is 3.26. The molecule has 1 aliphatic carbocycles. The maximum Gasteiger partial charge on any atom is 0.331 e. The molecule has 1 heterocycles. The minimum absolute atomic E-state index is 0.172. The predicted molar refractivity (Wildman–Crippen MR) is 105 cm³/mol. The highest BCUT2D eigenvalue weighted by molar-refractivity contribution is 7.99. The van der Waals surface area contributed by atoms with Gasteiger partial charge in [0.15, 0.2) is 5.16 Å². The third-order valence-electron chi connectivity index (χ3n) is 4.82. The average Bonchev–Trinajstić information content (AvgIpc) is 3.31. The summed E-state index contributed by atoms with van der Waals surface area (Å²) in [6, 6.07) is 8.04. The van der Waals surface area contributed by atoms with E-state index in [2.05, 4.69) is 10.3 Å². The van der Waals surface area contributed by atoms with Gasteiger partial charge in [-0.05, 0) is 38.3 Å². The second-order valence-corrected chi connectivity index (χ2v) is 7.66. The van der Waals surface area contributed by atoms with Crippen molar-refractivity contribution in [3.63, 3.8) is 0 Å². The summed E-state index contributed by atoms with van der Waals surface area (Å²) in [4.78, 5) is 29.3. The van der Waals surface area contributed by atoms with E-state index in [0.717, 1.165) is 29.2 Å². The van der Waals surface area contributed by atoms with E-state index in [1.165, 1.54) is 11.8 Å². The van der Waals surface area contributed by atoms with Gasteiger partial charge in [0, 0.05) is 12.4 Å². The molecule has 0 bridgehead atoms. The van der Waals surface area contributed by atoms with Crippen LogP contribution in [-0.2, 0) is 14.3 Å². The van der Waals surface area contributed by atoms with Gasteiger partial charge in [-0.1, -0.05) is 42.8 Å². The number of carbonyl (C=O) groups excluding carboxylic acids is 2. The molecule has 1 aromatic heterocycles. The minimum atomic E-state index is -0.862. The van der Waals surface area contributed by atoms with Crippen molar-refractivity contribution in [1.29, 1.82) is 0 Å². The Hall–Kier alpha value is -2.28. The van der Waals surface area contributed by atoms with Crippen molar-refractivity contribution < 1.29 is 14.3 Å². The van der Waals surface area contributed by atoms with Crippen LogP contribution in [0, 0.1) is 6.92 Å². The van der Waals surface area contributed by atoms with Crippen LogP contribution in [0.15, 0.2) is 41.8 Å². The molecule has 0 unspecified atom stereocenters. The Bertz CT molecular complexity index is 812. The molecule has 27 heavy (non-hydrogen) atoms. The maximum absolute atomic E-state index is 12.5. The molecular formula is C20H25N3O3S. The number of rotatable bonds is 7. The van der Waals surface area contributed by atoms with Crippen LogP contribution in [0.5, 0.6) is 0 Å². The molecule has 1 amide bonds. The number of para-hydroxylation sites is 1. The SMILES string of the molecule is CCOC(=O)C1(NC(=O)CSc2nccn2-c2ccccc2C)CCCC1. The van der Waals surface area contributed by atoms with Crippen molar-refractivity contribution in [3.05, 3.63) is 42.2 Å². The van der Waals surface area contributed by atoms with Crippen LogP contribution in [0.25, 0.3) is 5.69 Å². The van der Waals surface area contributed by atoms with Gasteiger partial charge >= 0.3 is 5.97 Å². The monoisotopic (exact) mass is 387 g/mol. The fraction of sp³-hybridized carbons (Fsp3) is 0.450. The van der Waals surface area contributed by atoms with Crippen molar-refractivity contribution >= 4 is 23.6 Å². The van der Waals surface area contributed by atoms with Crippen LogP contribution in [0.1, 0.15) is 38.2 Å². The second-order valence-electron chi connectivity index (χ2n) is 6.71. The summed E-state index contributed by atoms with van der Waals surface area (Å²) in [5.41, 5.74) is 1.31. The number of hydrogen-bond acceptors (Lipinski definition) is 5. The van der Waals surface area contributed by atoms with Gasteiger partial charge in [0.05, 0.1) is 18.0 Å². The first-order valence-electron chi connectivity index (χ1n) is 9.26. The van der Waals surface area contributed by atoms with Crippen LogP contribution in [-0.4, -0.2) is 39.3 Å². The molecule has 2 aromatic rings. The molecule has 7 heteroatoms. The lowest BCUT2D eigenvalue weighted by Gasteiger charge is -2.27. The van der Waals surface area contributed by atoms with Crippen LogP contribution in [0.2, 0.25) is 0 Å². The summed E-state index contributed by atoms with van der Waals surface area (Å²) in [7, 11) is 0. The number of hydrogen-bond donors (Lipinski definition) is 1. The van der Waals surface area contributed by atoms with Gasteiger partial charge in [0.1, 0.15) is 5.54 Å². The molecule has 0 aliphatic heterocycles. The van der Waals surface area contributed by atoms with Gasteiger partial charge in [-0.3, -0.25) is 9.36 Å². The number of ether oxygens (including phenoxy) is 1. The zero-order valence-corrected chi connectivity index (χ0v) is 16.6. The van der Waals surface area contributed by atoms with Crippen LogP contribution < -0.4 is 5.32 Å². The molecule has 3 rings (SSSR count). The molecule has 144 valence electrons. The normalized spacial score (nSPS) is 15.5. The summed E-state index contributed by atoms with van der Waals surface area (Å²) in [6.07, 6.45) is 6.73. The lowest BCUT2D eigenvalue weighted by Crippen LogP contribution is -2.53. The van der Waals surface area contributed by atoms with E-state index < -0.39 is 5.54 Å². The highest BCUT2D eigenvalue weighted by atomic mass is 32.2. The number of amides is 1. The topological polar surface area (TPSA) is 73.2 Å². The number of aryl methyl sites for hydroxylation is 1. The summed E-state index contributed by atoms with van der Waals surface area (Å²) < 4.78 is 7.17. The highest BCUT2D eigenvalue weighted by Crippen LogP contribution is 2.31. The Kier molecular flexibility index (Phi) is 6.21. The van der Waals surface area contributed by atoms with Gasteiger partial charge in [0.25, 0.3) is 0 Å². The van der Waals surface area contributed by atoms with E-state index in [0.29, 0.717) is 19.4 Å². The molecular weight excluding hydrogens is 362 g/mol. The molecule has 0 radical (unpaired) electrons. The minimum Gasteiger partial charge on any atom is -0.464 e. The molecule has 6 nitrogen and oxygen atoms in total. The van der Waals surface area contributed by atoms with E-state index in [4.69, 9.17) is 4.74 Å². The summed E-state index contributed by atoms with van der Waals surface area (Å²) in [6.45, 7) is 4.14. The Balaban J connectivity index is 1.66. The molecule has 0 atom stereocenters. The van der Waals surface area contributed by atoms with Crippen molar-refractivity contribution in [2.24, 2.45) is 0 Å². The van der Waals surface area contributed by atoms with Gasteiger partial charge in [-0.25, -0.2) is 9.78 Å². The zero-order valence-electron chi connectivity index (χ0n) is 15.7. The van der Waals surface area contributed by atoms with E-state index in [9.17, 15) is 9.59 Å². The van der Waals surface area contributed by atoms with Gasteiger partial charge in [-0.15, -0.1) is 0 Å². The first-order chi connectivity index (χ1) is 13.1. The Morgan fingerprint density at radius 2 is 2.04 bits per heavy atom. The highest BCUT2D eigenvalue weighted by Gasteiger charge is 2.43. The number of esters is 1. The van der Waals surface area contributed by atoms with Gasteiger partial charge in [0.2, 0.25) is 5.91 Å². The zero-order chi connectivity index (χ0) is 19.3. The Morgan fingerprint density at radius 3 is 2.74 bits per heavy atom. The number of benzene rings is 1. The fourth-order valence-corrected chi connectivity index (χ4v) is 4.24. The smallest absolute Gasteiger partial charge is 0.331 e. The largest absolute Gasteiger partial charge is 0.464 e. The van der Waals surface area contributed by atoms with E-state index >= 15 is 0 Å². The van der Waals surface area contributed by atoms with Crippen LogP contribution in [0.4, 0.5) is 0 Å². The maximum atomic E-state index is 12.5. The number of imidazole rings is 1. The van der Waals surface area contributed by atoms with Crippen LogP contribution in [0.3, 0.4) is 0 Å². The average molecular weight is 388 g/mol.